The van der Waals surface area contributed by atoms with E-state index in [0.29, 0.717) is 5.56 Å². The zero-order chi connectivity index (χ0) is 13.7. The smallest absolute Gasteiger partial charge is 0.267 e. The van der Waals surface area contributed by atoms with Gasteiger partial charge in [0.15, 0.2) is 0 Å². The first-order valence-corrected chi connectivity index (χ1v) is 5.97. The summed E-state index contributed by atoms with van der Waals surface area (Å²) in [5, 5.41) is 3.92. The molecule has 0 unspecified atom stereocenters. The number of hydrogen-bond acceptors (Lipinski definition) is 3. The monoisotopic (exact) mass is 253 g/mol. The molecule has 0 fully saturated rings. The summed E-state index contributed by atoms with van der Waals surface area (Å²) in [6, 6.07) is 9.19. The number of amides is 1. The first-order chi connectivity index (χ1) is 9.16. The Morgan fingerprint density at radius 1 is 1.16 bits per heavy atom. The van der Waals surface area contributed by atoms with Crippen LogP contribution in [0.1, 0.15) is 27.0 Å². The van der Waals surface area contributed by atoms with Crippen molar-refractivity contribution < 1.29 is 4.79 Å². The molecule has 2 rings (SSSR count). The third-order valence-corrected chi connectivity index (χ3v) is 2.85. The van der Waals surface area contributed by atoms with Crippen LogP contribution in [0.3, 0.4) is 0 Å². The first kappa shape index (κ1) is 13.0. The number of benzene rings is 1. The van der Waals surface area contributed by atoms with Crippen molar-refractivity contribution in [3.63, 3.8) is 0 Å². The predicted molar refractivity (Wildman–Crippen MR) is 75.2 cm³/mol. The molecule has 0 aliphatic carbocycles. The molecule has 1 amide bonds. The Balaban J connectivity index is 2.01. The molecule has 4 nitrogen and oxygen atoms in total. The zero-order valence-corrected chi connectivity index (χ0v) is 10.9. The number of nitrogens with one attached hydrogen (secondary N) is 1. The van der Waals surface area contributed by atoms with Crippen LogP contribution in [0.2, 0.25) is 0 Å². The maximum absolute atomic E-state index is 11.9. The second kappa shape index (κ2) is 5.91. The van der Waals surface area contributed by atoms with Crippen LogP contribution in [0, 0.1) is 13.8 Å². The SMILES string of the molecule is Cc1ccc(C(=O)N/N=C/c2ccncc2)cc1C. The molecule has 0 aliphatic rings. The number of pyridine rings is 1. The highest BCUT2D eigenvalue weighted by Crippen LogP contribution is 2.09. The van der Waals surface area contributed by atoms with Crippen LogP contribution in [0.4, 0.5) is 0 Å². The fourth-order valence-electron chi connectivity index (χ4n) is 1.56. The van der Waals surface area contributed by atoms with Gasteiger partial charge in [-0.2, -0.15) is 5.10 Å². The third-order valence-electron chi connectivity index (χ3n) is 2.85. The van der Waals surface area contributed by atoms with Crippen LogP contribution in [0.25, 0.3) is 0 Å². The fourth-order valence-corrected chi connectivity index (χ4v) is 1.56. The van der Waals surface area contributed by atoms with Crippen molar-refractivity contribution in [2.75, 3.05) is 0 Å². The maximum Gasteiger partial charge on any atom is 0.271 e. The van der Waals surface area contributed by atoms with Crippen LogP contribution >= 0.6 is 0 Å². The van der Waals surface area contributed by atoms with Crippen molar-refractivity contribution >= 4 is 12.1 Å². The Hall–Kier alpha value is -2.49. The van der Waals surface area contributed by atoms with E-state index in [1.165, 1.54) is 0 Å². The summed E-state index contributed by atoms with van der Waals surface area (Å²) in [4.78, 5) is 15.8. The number of rotatable bonds is 3. The van der Waals surface area contributed by atoms with Crippen LogP contribution in [-0.4, -0.2) is 17.1 Å². The molecule has 1 aromatic carbocycles. The topological polar surface area (TPSA) is 54.4 Å². The minimum atomic E-state index is -0.214. The highest BCUT2D eigenvalue weighted by molar-refractivity contribution is 5.95. The third kappa shape index (κ3) is 3.48. The number of hydrogen-bond donors (Lipinski definition) is 1. The molecule has 0 saturated carbocycles. The Morgan fingerprint density at radius 3 is 2.58 bits per heavy atom. The van der Waals surface area contributed by atoms with Gasteiger partial charge in [-0.1, -0.05) is 6.07 Å². The molecule has 19 heavy (non-hydrogen) atoms. The van der Waals surface area contributed by atoms with Crippen molar-refractivity contribution in [2.45, 2.75) is 13.8 Å². The van der Waals surface area contributed by atoms with Gasteiger partial charge in [-0.15, -0.1) is 0 Å². The summed E-state index contributed by atoms with van der Waals surface area (Å²) in [5.74, 6) is -0.214. The molecule has 4 heteroatoms. The van der Waals surface area contributed by atoms with Gasteiger partial charge in [0.05, 0.1) is 6.21 Å². The quantitative estimate of drug-likeness (QED) is 0.674. The van der Waals surface area contributed by atoms with Crippen molar-refractivity contribution in [2.24, 2.45) is 5.10 Å². The van der Waals surface area contributed by atoms with Gasteiger partial charge in [0.25, 0.3) is 5.91 Å². The number of aromatic nitrogens is 1. The van der Waals surface area contributed by atoms with E-state index in [1.807, 2.05) is 38.1 Å². The Labute approximate surface area is 112 Å². The molecule has 1 N–H and O–H groups in total. The molecule has 2 aromatic rings. The molecule has 0 atom stereocenters. The molecule has 1 heterocycles. The molecule has 0 radical (unpaired) electrons. The van der Waals surface area contributed by atoms with E-state index in [0.717, 1.165) is 16.7 Å². The minimum Gasteiger partial charge on any atom is -0.267 e. The van der Waals surface area contributed by atoms with Crippen LogP contribution < -0.4 is 5.43 Å². The average molecular weight is 253 g/mol. The highest BCUT2D eigenvalue weighted by Gasteiger charge is 2.04. The van der Waals surface area contributed by atoms with Gasteiger partial charge < -0.3 is 0 Å². The zero-order valence-electron chi connectivity index (χ0n) is 10.9. The van der Waals surface area contributed by atoms with E-state index in [9.17, 15) is 4.79 Å². The lowest BCUT2D eigenvalue weighted by Crippen LogP contribution is -2.17. The lowest BCUT2D eigenvalue weighted by Gasteiger charge is -2.03. The summed E-state index contributed by atoms with van der Waals surface area (Å²) in [7, 11) is 0. The van der Waals surface area contributed by atoms with Gasteiger partial charge in [0, 0.05) is 18.0 Å². The van der Waals surface area contributed by atoms with Crippen LogP contribution in [-0.2, 0) is 0 Å². The van der Waals surface area contributed by atoms with E-state index in [2.05, 4.69) is 15.5 Å². The fraction of sp³-hybridized carbons (Fsp3) is 0.133. The lowest BCUT2D eigenvalue weighted by molar-refractivity contribution is 0.0955. The van der Waals surface area contributed by atoms with Crippen LogP contribution in [0.15, 0.2) is 47.8 Å². The summed E-state index contributed by atoms with van der Waals surface area (Å²) in [5.41, 5.74) is 6.25. The molecular formula is C15H15N3O. The second-order valence-electron chi connectivity index (χ2n) is 4.28. The number of nitrogens with zero attached hydrogens (tertiary/aromatic N) is 2. The minimum absolute atomic E-state index is 0.214. The number of hydrazone groups is 1. The number of carbonyl (C=O) groups excluding carboxylic acids is 1. The summed E-state index contributed by atoms with van der Waals surface area (Å²) in [6.07, 6.45) is 4.93. The maximum atomic E-state index is 11.9. The van der Waals surface area contributed by atoms with Crippen LogP contribution in [0.5, 0.6) is 0 Å². The van der Waals surface area contributed by atoms with E-state index in [-0.39, 0.29) is 5.91 Å². The standard InChI is InChI=1S/C15H15N3O/c1-11-3-4-14(9-12(11)2)15(19)18-17-10-13-5-7-16-8-6-13/h3-10H,1-2H3,(H,18,19)/b17-10+. The van der Waals surface area contributed by atoms with Crippen molar-refractivity contribution in [3.8, 4) is 0 Å². The van der Waals surface area contributed by atoms with Crippen molar-refractivity contribution in [1.29, 1.82) is 0 Å². The lowest BCUT2D eigenvalue weighted by atomic mass is 10.1. The number of carbonyl (C=O) groups is 1. The van der Waals surface area contributed by atoms with Gasteiger partial charge in [-0.3, -0.25) is 9.78 Å². The van der Waals surface area contributed by atoms with Crippen molar-refractivity contribution in [1.82, 2.24) is 10.4 Å². The van der Waals surface area contributed by atoms with E-state index >= 15 is 0 Å². The van der Waals surface area contributed by atoms with Gasteiger partial charge in [-0.05, 0) is 54.8 Å². The van der Waals surface area contributed by atoms with E-state index < -0.39 is 0 Å². The largest absolute Gasteiger partial charge is 0.271 e. The Morgan fingerprint density at radius 2 is 1.89 bits per heavy atom. The number of aryl methyl sites for hydroxylation is 2. The second-order valence-corrected chi connectivity index (χ2v) is 4.28. The molecule has 0 bridgehead atoms. The van der Waals surface area contributed by atoms with Crippen molar-refractivity contribution in [3.05, 3.63) is 65.0 Å². The first-order valence-electron chi connectivity index (χ1n) is 5.97. The van der Waals surface area contributed by atoms with E-state index in [4.69, 9.17) is 0 Å². The molecule has 0 aliphatic heterocycles. The average Bonchev–Trinajstić information content (AvgIpc) is 2.43. The molecule has 96 valence electrons. The van der Waals surface area contributed by atoms with E-state index in [1.54, 1.807) is 24.7 Å². The Bertz CT molecular complexity index is 606. The van der Waals surface area contributed by atoms with Gasteiger partial charge in [0.2, 0.25) is 0 Å². The molecule has 0 saturated heterocycles. The summed E-state index contributed by atoms with van der Waals surface area (Å²) >= 11 is 0. The molecule has 1 aromatic heterocycles. The summed E-state index contributed by atoms with van der Waals surface area (Å²) in [6.45, 7) is 3.99. The Kier molecular flexibility index (Phi) is 4.03. The molecule has 0 spiro atoms. The van der Waals surface area contributed by atoms with Gasteiger partial charge in [0.1, 0.15) is 0 Å². The van der Waals surface area contributed by atoms with Gasteiger partial charge >= 0.3 is 0 Å². The summed E-state index contributed by atoms with van der Waals surface area (Å²) < 4.78 is 0. The highest BCUT2D eigenvalue weighted by atomic mass is 16.2. The molecular weight excluding hydrogens is 238 g/mol. The van der Waals surface area contributed by atoms with Gasteiger partial charge in [-0.25, -0.2) is 5.43 Å². The normalized spacial score (nSPS) is 10.6. The predicted octanol–water partition coefficient (Wildman–Crippen LogP) is 2.46.